The number of hydrogen-bond acceptors (Lipinski definition) is 4. The van der Waals surface area contributed by atoms with Gasteiger partial charge < -0.3 is 19.8 Å². The monoisotopic (exact) mass is 411 g/mol. The van der Waals surface area contributed by atoms with E-state index in [1.807, 2.05) is 0 Å². The van der Waals surface area contributed by atoms with E-state index in [4.69, 9.17) is 9.47 Å². The molecule has 0 aliphatic carbocycles. The summed E-state index contributed by atoms with van der Waals surface area (Å²) in [5.74, 6) is 0.290. The lowest BCUT2D eigenvalue weighted by atomic mass is 9.88. The van der Waals surface area contributed by atoms with Gasteiger partial charge in [0.1, 0.15) is 0 Å². The molecule has 4 heterocycles. The molecule has 3 aliphatic heterocycles. The number of nitrogens with zero attached hydrogens (tertiary/aromatic N) is 1. The van der Waals surface area contributed by atoms with E-state index in [-0.39, 0.29) is 23.5 Å². The summed E-state index contributed by atoms with van der Waals surface area (Å²) in [5, 5.41) is 4.47. The topological polar surface area (TPSA) is 66.6 Å². The van der Waals surface area contributed by atoms with Gasteiger partial charge in [0.2, 0.25) is 5.91 Å². The zero-order chi connectivity index (χ0) is 20.4. The van der Waals surface area contributed by atoms with E-state index in [1.165, 1.54) is 16.5 Å². The van der Waals surface area contributed by atoms with Gasteiger partial charge >= 0.3 is 0 Å². The predicted octanol–water partition coefficient (Wildman–Crippen LogP) is 3.22. The molecule has 6 heteroatoms. The van der Waals surface area contributed by atoms with Crippen LogP contribution in [0, 0.1) is 5.92 Å². The molecule has 0 bridgehead atoms. The maximum Gasteiger partial charge on any atom is 0.223 e. The summed E-state index contributed by atoms with van der Waals surface area (Å²) in [7, 11) is 0. The Balaban J connectivity index is 1.09. The Morgan fingerprint density at radius 1 is 1.13 bits per heavy atom. The van der Waals surface area contributed by atoms with E-state index >= 15 is 0 Å². The van der Waals surface area contributed by atoms with Gasteiger partial charge in [0, 0.05) is 62.4 Å². The number of piperidine rings is 1. The summed E-state index contributed by atoms with van der Waals surface area (Å²) < 4.78 is 11.9. The molecule has 0 saturated carbocycles. The third-order valence-corrected chi connectivity index (χ3v) is 7.27. The van der Waals surface area contributed by atoms with Crippen molar-refractivity contribution in [1.29, 1.82) is 0 Å². The molecular weight excluding hydrogens is 378 g/mol. The maximum atomic E-state index is 12.4. The van der Waals surface area contributed by atoms with Crippen LogP contribution in [0.3, 0.4) is 0 Å². The molecule has 1 unspecified atom stereocenters. The molecule has 1 atom stereocenters. The Hall–Kier alpha value is -1.89. The number of H-pyrrole nitrogens is 1. The molecule has 1 aromatic heterocycles. The summed E-state index contributed by atoms with van der Waals surface area (Å²) in [6, 6.07) is 8.52. The zero-order valence-corrected chi connectivity index (χ0v) is 17.7. The number of amides is 1. The summed E-state index contributed by atoms with van der Waals surface area (Å²) >= 11 is 0. The van der Waals surface area contributed by atoms with Crippen LogP contribution in [-0.2, 0) is 20.8 Å². The molecule has 3 saturated heterocycles. The minimum absolute atomic E-state index is 0.0186. The molecule has 2 aromatic rings. The Labute approximate surface area is 178 Å². The standard InChI is InChI=1S/C24H33N3O3/c28-23(18-6-13-29-14-7-18)26-16-20-5-8-24(30-20)9-11-27(12-10-24)17-19-15-25-22-4-2-1-3-21(19)22/h1-4,15,18,20,25H,5-14,16-17H2,(H,26,28). The number of rotatable bonds is 5. The maximum absolute atomic E-state index is 12.4. The number of carbonyl (C=O) groups excluding carboxylic acids is 1. The van der Waals surface area contributed by atoms with Crippen molar-refractivity contribution >= 4 is 16.8 Å². The zero-order valence-electron chi connectivity index (χ0n) is 17.7. The minimum Gasteiger partial charge on any atom is -0.381 e. The molecule has 162 valence electrons. The fourth-order valence-electron chi connectivity index (χ4n) is 5.35. The average Bonchev–Trinajstić information content (AvgIpc) is 3.39. The van der Waals surface area contributed by atoms with Gasteiger partial charge in [-0.2, -0.15) is 0 Å². The Morgan fingerprint density at radius 3 is 2.77 bits per heavy atom. The van der Waals surface area contributed by atoms with E-state index in [0.29, 0.717) is 19.8 Å². The fourth-order valence-corrected chi connectivity index (χ4v) is 5.35. The first-order valence-corrected chi connectivity index (χ1v) is 11.5. The predicted molar refractivity (Wildman–Crippen MR) is 116 cm³/mol. The van der Waals surface area contributed by atoms with Gasteiger partial charge in [-0.1, -0.05) is 18.2 Å². The van der Waals surface area contributed by atoms with Crippen LogP contribution in [0.4, 0.5) is 0 Å². The van der Waals surface area contributed by atoms with E-state index in [0.717, 1.165) is 58.2 Å². The summed E-state index contributed by atoms with van der Waals surface area (Å²) in [6.45, 7) is 5.19. The van der Waals surface area contributed by atoms with Gasteiger partial charge in [-0.3, -0.25) is 9.69 Å². The quantitative estimate of drug-likeness (QED) is 0.793. The molecule has 3 aliphatic rings. The van der Waals surface area contributed by atoms with Crippen molar-refractivity contribution in [3.63, 3.8) is 0 Å². The van der Waals surface area contributed by atoms with Crippen LogP contribution in [0.5, 0.6) is 0 Å². The van der Waals surface area contributed by atoms with Crippen LogP contribution in [0.1, 0.15) is 44.1 Å². The van der Waals surface area contributed by atoms with Gasteiger partial charge in [-0.25, -0.2) is 0 Å². The Bertz CT molecular complexity index is 865. The molecule has 3 fully saturated rings. The van der Waals surface area contributed by atoms with E-state index in [1.54, 1.807) is 0 Å². The molecule has 30 heavy (non-hydrogen) atoms. The summed E-state index contributed by atoms with van der Waals surface area (Å²) in [6.07, 6.45) is 8.33. The molecule has 0 radical (unpaired) electrons. The third kappa shape index (κ3) is 4.27. The van der Waals surface area contributed by atoms with Crippen molar-refractivity contribution in [1.82, 2.24) is 15.2 Å². The van der Waals surface area contributed by atoms with E-state index in [9.17, 15) is 4.79 Å². The van der Waals surface area contributed by atoms with Gasteiger partial charge in [0.25, 0.3) is 0 Å². The smallest absolute Gasteiger partial charge is 0.223 e. The van der Waals surface area contributed by atoms with E-state index < -0.39 is 0 Å². The van der Waals surface area contributed by atoms with Gasteiger partial charge in [0.05, 0.1) is 11.7 Å². The molecule has 2 N–H and O–H groups in total. The molecule has 6 nitrogen and oxygen atoms in total. The highest BCUT2D eigenvalue weighted by Crippen LogP contribution is 2.39. The lowest BCUT2D eigenvalue weighted by Crippen LogP contribution is -2.45. The second-order valence-corrected chi connectivity index (χ2v) is 9.23. The number of ether oxygens (including phenoxy) is 2. The van der Waals surface area contributed by atoms with Crippen molar-refractivity contribution in [3.8, 4) is 0 Å². The SMILES string of the molecule is O=C(NCC1CCC2(CCN(Cc3c[nH]c4ccccc34)CC2)O1)C1CCOCC1. The van der Waals surface area contributed by atoms with Crippen molar-refractivity contribution < 1.29 is 14.3 Å². The van der Waals surface area contributed by atoms with Gasteiger partial charge in [0.15, 0.2) is 0 Å². The van der Waals surface area contributed by atoms with Crippen molar-refractivity contribution in [3.05, 3.63) is 36.0 Å². The second-order valence-electron chi connectivity index (χ2n) is 9.23. The number of hydrogen-bond donors (Lipinski definition) is 2. The molecule has 5 rings (SSSR count). The minimum atomic E-state index is 0.0186. The molecule has 1 amide bonds. The lowest BCUT2D eigenvalue weighted by Gasteiger charge is -2.39. The number of aromatic amines is 1. The van der Waals surface area contributed by atoms with E-state index in [2.05, 4.69) is 45.7 Å². The van der Waals surface area contributed by atoms with Gasteiger partial charge in [-0.05, 0) is 50.2 Å². The second kappa shape index (κ2) is 8.69. The number of nitrogens with one attached hydrogen (secondary N) is 2. The highest BCUT2D eigenvalue weighted by molar-refractivity contribution is 5.83. The van der Waals surface area contributed by atoms with Crippen LogP contribution in [0.2, 0.25) is 0 Å². The van der Waals surface area contributed by atoms with Crippen LogP contribution in [0.15, 0.2) is 30.5 Å². The highest BCUT2D eigenvalue weighted by atomic mass is 16.5. The largest absolute Gasteiger partial charge is 0.381 e. The van der Waals surface area contributed by atoms with Gasteiger partial charge in [-0.15, -0.1) is 0 Å². The number of likely N-dealkylation sites (tertiary alicyclic amines) is 1. The lowest BCUT2D eigenvalue weighted by molar-refractivity contribution is -0.129. The number of fused-ring (bicyclic) bond motifs is 1. The molecular formula is C24H33N3O3. The Kier molecular flexibility index (Phi) is 5.81. The number of carbonyl (C=O) groups is 1. The van der Waals surface area contributed by atoms with Crippen LogP contribution < -0.4 is 5.32 Å². The number of aromatic nitrogens is 1. The summed E-state index contributed by atoms with van der Waals surface area (Å²) in [4.78, 5) is 18.3. The third-order valence-electron chi connectivity index (χ3n) is 7.27. The highest BCUT2D eigenvalue weighted by Gasteiger charge is 2.42. The molecule has 1 aromatic carbocycles. The van der Waals surface area contributed by atoms with Crippen LogP contribution in [-0.4, -0.2) is 60.3 Å². The normalized spacial score (nSPS) is 25.1. The number of para-hydroxylation sites is 1. The fraction of sp³-hybridized carbons (Fsp3) is 0.625. The first-order chi connectivity index (χ1) is 14.7. The van der Waals surface area contributed by atoms with Crippen LogP contribution >= 0.6 is 0 Å². The number of benzene rings is 1. The average molecular weight is 412 g/mol. The first-order valence-electron chi connectivity index (χ1n) is 11.5. The Morgan fingerprint density at radius 2 is 1.93 bits per heavy atom. The van der Waals surface area contributed by atoms with Crippen LogP contribution in [0.25, 0.3) is 10.9 Å². The van der Waals surface area contributed by atoms with Crippen molar-refractivity contribution in [2.24, 2.45) is 5.92 Å². The van der Waals surface area contributed by atoms with Crippen molar-refractivity contribution in [2.45, 2.75) is 56.8 Å². The van der Waals surface area contributed by atoms with Crippen molar-refractivity contribution in [2.75, 3.05) is 32.8 Å². The summed E-state index contributed by atoms with van der Waals surface area (Å²) in [5.41, 5.74) is 2.61. The molecule has 1 spiro atoms. The first kappa shape index (κ1) is 20.0.